The van der Waals surface area contributed by atoms with Gasteiger partial charge in [0.15, 0.2) is 5.13 Å². The first-order valence-electron chi connectivity index (χ1n) is 8.28. The molecular weight excluding hydrogens is 365 g/mol. The smallest absolute Gasteiger partial charge is 0.348 e. The Bertz CT molecular complexity index is 719. The number of hydrogen-bond acceptors (Lipinski definition) is 4. The molecule has 2 N–H and O–H groups in total. The Morgan fingerprint density at radius 3 is 2.73 bits per heavy atom. The number of benzene rings is 1. The van der Waals surface area contributed by atoms with Gasteiger partial charge in [-0.05, 0) is 43.0 Å². The number of halogens is 3. The van der Waals surface area contributed by atoms with Gasteiger partial charge >= 0.3 is 12.2 Å². The minimum absolute atomic E-state index is 0.311. The largest absolute Gasteiger partial charge is 0.416 e. The van der Waals surface area contributed by atoms with Gasteiger partial charge in [0.05, 0.1) is 5.56 Å². The number of urea groups is 1. The van der Waals surface area contributed by atoms with Gasteiger partial charge in [-0.3, -0.25) is 0 Å². The number of piperidine rings is 1. The fourth-order valence-corrected chi connectivity index (χ4v) is 3.61. The average Bonchev–Trinajstić information content (AvgIpc) is 3.15. The van der Waals surface area contributed by atoms with E-state index in [1.54, 1.807) is 17.5 Å². The molecule has 0 aliphatic carbocycles. The van der Waals surface area contributed by atoms with Crippen LogP contribution >= 0.6 is 11.3 Å². The van der Waals surface area contributed by atoms with Gasteiger partial charge in [-0.1, -0.05) is 0 Å². The van der Waals surface area contributed by atoms with E-state index in [9.17, 15) is 18.0 Å². The molecule has 5 nitrogen and oxygen atoms in total. The number of hydrogen-bond donors (Lipinski definition) is 2. The molecule has 1 fully saturated rings. The van der Waals surface area contributed by atoms with Gasteiger partial charge in [0, 0.05) is 36.9 Å². The number of amides is 2. The highest BCUT2D eigenvalue weighted by molar-refractivity contribution is 7.13. The summed E-state index contributed by atoms with van der Waals surface area (Å²) in [5.74, 6) is 0.311. The van der Waals surface area contributed by atoms with Crippen LogP contribution in [0.25, 0.3) is 0 Å². The van der Waals surface area contributed by atoms with Crippen molar-refractivity contribution in [1.29, 1.82) is 0 Å². The van der Waals surface area contributed by atoms with Gasteiger partial charge in [0.25, 0.3) is 0 Å². The lowest BCUT2D eigenvalue weighted by atomic mass is 9.98. The number of carbonyl (C=O) groups excluding carboxylic acids is 1. The van der Waals surface area contributed by atoms with Gasteiger partial charge in [0.1, 0.15) is 0 Å². The summed E-state index contributed by atoms with van der Waals surface area (Å²) in [6.45, 7) is 2.30. The van der Waals surface area contributed by atoms with Crippen LogP contribution in [0.4, 0.5) is 28.8 Å². The predicted molar refractivity (Wildman–Crippen MR) is 95.5 cm³/mol. The predicted octanol–water partition coefficient (Wildman–Crippen LogP) is 4.20. The first-order valence-corrected chi connectivity index (χ1v) is 9.16. The number of alkyl halides is 3. The Hall–Kier alpha value is -2.29. The quantitative estimate of drug-likeness (QED) is 0.831. The monoisotopic (exact) mass is 384 g/mol. The highest BCUT2D eigenvalue weighted by atomic mass is 32.1. The minimum Gasteiger partial charge on any atom is -0.348 e. The molecule has 1 aromatic heterocycles. The van der Waals surface area contributed by atoms with Crippen molar-refractivity contribution in [2.75, 3.05) is 29.9 Å². The zero-order chi connectivity index (χ0) is 18.6. The summed E-state index contributed by atoms with van der Waals surface area (Å²) in [5, 5.41) is 8.28. The number of rotatable bonds is 4. The van der Waals surface area contributed by atoms with Crippen molar-refractivity contribution in [3.8, 4) is 0 Å². The van der Waals surface area contributed by atoms with Crippen molar-refractivity contribution in [2.24, 2.45) is 5.92 Å². The molecule has 0 spiro atoms. The van der Waals surface area contributed by atoms with Crippen LogP contribution < -0.4 is 15.5 Å². The van der Waals surface area contributed by atoms with E-state index in [2.05, 4.69) is 20.5 Å². The fraction of sp³-hybridized carbons (Fsp3) is 0.412. The van der Waals surface area contributed by atoms with Crippen LogP contribution in [0, 0.1) is 5.92 Å². The lowest BCUT2D eigenvalue weighted by molar-refractivity contribution is -0.137. The second kappa shape index (κ2) is 7.94. The molecule has 1 saturated heterocycles. The zero-order valence-electron chi connectivity index (χ0n) is 13.9. The topological polar surface area (TPSA) is 57.3 Å². The molecule has 2 aromatic rings. The third-order valence-corrected chi connectivity index (χ3v) is 5.06. The van der Waals surface area contributed by atoms with Crippen LogP contribution in [0.5, 0.6) is 0 Å². The fourth-order valence-electron chi connectivity index (χ4n) is 2.93. The summed E-state index contributed by atoms with van der Waals surface area (Å²) in [7, 11) is 0. The summed E-state index contributed by atoms with van der Waals surface area (Å²) in [6, 6.07) is 3.96. The molecule has 9 heteroatoms. The van der Waals surface area contributed by atoms with Crippen LogP contribution in [0.15, 0.2) is 35.8 Å². The Labute approximate surface area is 153 Å². The van der Waals surface area contributed by atoms with E-state index in [0.717, 1.165) is 43.2 Å². The van der Waals surface area contributed by atoms with E-state index in [1.807, 2.05) is 5.38 Å². The van der Waals surface area contributed by atoms with Gasteiger partial charge in [-0.2, -0.15) is 13.2 Å². The Balaban J connectivity index is 1.46. The summed E-state index contributed by atoms with van der Waals surface area (Å²) >= 11 is 1.60. The number of anilines is 2. The molecule has 0 bridgehead atoms. The highest BCUT2D eigenvalue weighted by Gasteiger charge is 2.30. The van der Waals surface area contributed by atoms with Crippen molar-refractivity contribution in [1.82, 2.24) is 10.3 Å². The molecule has 1 unspecified atom stereocenters. The second-order valence-electron chi connectivity index (χ2n) is 6.18. The Kier molecular flexibility index (Phi) is 5.65. The summed E-state index contributed by atoms with van der Waals surface area (Å²) in [6.07, 6.45) is -0.556. The lowest BCUT2D eigenvalue weighted by Gasteiger charge is -2.32. The van der Waals surface area contributed by atoms with E-state index in [0.29, 0.717) is 18.2 Å². The molecule has 1 aliphatic rings. The number of nitrogens with one attached hydrogen (secondary N) is 2. The molecule has 1 aromatic carbocycles. The van der Waals surface area contributed by atoms with Gasteiger partial charge in [-0.15, -0.1) is 11.3 Å². The number of carbonyl (C=O) groups is 1. The van der Waals surface area contributed by atoms with E-state index < -0.39 is 17.8 Å². The molecule has 2 heterocycles. The molecule has 2 amide bonds. The Morgan fingerprint density at radius 1 is 1.31 bits per heavy atom. The third-order valence-electron chi connectivity index (χ3n) is 4.23. The maximum Gasteiger partial charge on any atom is 0.416 e. The standard InChI is InChI=1S/C17H19F3N4OS/c18-17(19,20)13-3-5-14(6-4-13)23-15(25)22-10-12-2-1-8-24(11-12)16-21-7-9-26-16/h3-7,9,12H,1-2,8,10-11H2,(H2,22,23,25). The summed E-state index contributed by atoms with van der Waals surface area (Å²) in [4.78, 5) is 18.5. The molecular formula is C17H19F3N4OS. The van der Waals surface area contributed by atoms with Crippen LogP contribution in [-0.4, -0.2) is 30.6 Å². The van der Waals surface area contributed by atoms with Crippen molar-refractivity contribution < 1.29 is 18.0 Å². The molecule has 0 radical (unpaired) electrons. The summed E-state index contributed by atoms with van der Waals surface area (Å²) in [5.41, 5.74) is -0.420. The first kappa shape index (κ1) is 18.5. The maximum absolute atomic E-state index is 12.5. The van der Waals surface area contributed by atoms with Crippen molar-refractivity contribution >= 4 is 28.2 Å². The SMILES string of the molecule is O=C(NCC1CCCN(c2nccs2)C1)Nc1ccc(C(F)(F)F)cc1. The van der Waals surface area contributed by atoms with Crippen LogP contribution in [0.3, 0.4) is 0 Å². The maximum atomic E-state index is 12.5. The number of thiazole rings is 1. The molecule has 1 aliphatic heterocycles. The van der Waals surface area contributed by atoms with E-state index in [-0.39, 0.29) is 0 Å². The minimum atomic E-state index is -4.38. The van der Waals surface area contributed by atoms with E-state index in [4.69, 9.17) is 0 Å². The average molecular weight is 384 g/mol. The van der Waals surface area contributed by atoms with Crippen molar-refractivity contribution in [3.63, 3.8) is 0 Å². The van der Waals surface area contributed by atoms with E-state index >= 15 is 0 Å². The van der Waals surface area contributed by atoms with Crippen LogP contribution in [0.1, 0.15) is 18.4 Å². The van der Waals surface area contributed by atoms with E-state index in [1.165, 1.54) is 12.1 Å². The third kappa shape index (κ3) is 4.87. The van der Waals surface area contributed by atoms with Crippen LogP contribution in [-0.2, 0) is 6.18 Å². The Morgan fingerprint density at radius 2 is 2.08 bits per heavy atom. The molecule has 140 valence electrons. The number of aromatic nitrogens is 1. The van der Waals surface area contributed by atoms with Gasteiger partial charge < -0.3 is 15.5 Å². The van der Waals surface area contributed by atoms with Crippen molar-refractivity contribution in [2.45, 2.75) is 19.0 Å². The zero-order valence-corrected chi connectivity index (χ0v) is 14.7. The van der Waals surface area contributed by atoms with Crippen LogP contribution in [0.2, 0.25) is 0 Å². The van der Waals surface area contributed by atoms with Crippen molar-refractivity contribution in [3.05, 3.63) is 41.4 Å². The molecule has 3 rings (SSSR count). The van der Waals surface area contributed by atoms with Gasteiger partial charge in [-0.25, -0.2) is 9.78 Å². The van der Waals surface area contributed by atoms with Gasteiger partial charge in [0.2, 0.25) is 0 Å². The number of nitrogens with zero attached hydrogens (tertiary/aromatic N) is 2. The highest BCUT2D eigenvalue weighted by Crippen LogP contribution is 2.29. The molecule has 1 atom stereocenters. The lowest BCUT2D eigenvalue weighted by Crippen LogP contribution is -2.42. The molecule has 26 heavy (non-hydrogen) atoms. The second-order valence-corrected chi connectivity index (χ2v) is 7.05. The first-order chi connectivity index (χ1) is 12.4. The normalized spacial score (nSPS) is 17.8. The summed E-state index contributed by atoms with van der Waals surface area (Å²) < 4.78 is 37.6. The molecule has 0 saturated carbocycles.